The summed E-state index contributed by atoms with van der Waals surface area (Å²) < 4.78 is 10.6. The SMILES string of the molecule is C=CC(N(C)C)P(=O)(O)O. The molecule has 0 aromatic rings. The van der Waals surface area contributed by atoms with Crippen LogP contribution in [0.5, 0.6) is 0 Å². The Morgan fingerprint density at radius 3 is 2.00 bits per heavy atom. The Kier molecular flexibility index (Phi) is 3.25. The molecule has 0 heterocycles. The van der Waals surface area contributed by atoms with Crippen LogP contribution in [0.25, 0.3) is 0 Å². The summed E-state index contributed by atoms with van der Waals surface area (Å²) in [5.74, 6) is -0.868. The smallest absolute Gasteiger partial charge is 0.323 e. The third-order valence-corrected chi connectivity index (χ3v) is 2.45. The summed E-state index contributed by atoms with van der Waals surface area (Å²) in [4.78, 5) is 18.7. The van der Waals surface area contributed by atoms with Crippen LogP contribution in [0.15, 0.2) is 12.7 Å². The van der Waals surface area contributed by atoms with Crippen molar-refractivity contribution in [2.75, 3.05) is 14.1 Å². The highest BCUT2D eigenvalue weighted by atomic mass is 31.2. The predicted octanol–water partition coefficient (Wildman–Crippen LogP) is 0.238. The van der Waals surface area contributed by atoms with Crippen LogP contribution in [0, 0.1) is 0 Å². The van der Waals surface area contributed by atoms with Gasteiger partial charge in [0.2, 0.25) is 0 Å². The van der Waals surface area contributed by atoms with E-state index in [0.717, 1.165) is 0 Å². The zero-order chi connectivity index (χ0) is 8.36. The van der Waals surface area contributed by atoms with Crippen LogP contribution in [-0.4, -0.2) is 34.6 Å². The molecule has 0 amide bonds. The highest BCUT2D eigenvalue weighted by Crippen LogP contribution is 2.42. The van der Waals surface area contributed by atoms with E-state index in [4.69, 9.17) is 9.79 Å². The first-order valence-corrected chi connectivity index (χ1v) is 4.42. The minimum atomic E-state index is -4.02. The highest BCUT2D eigenvalue weighted by molar-refractivity contribution is 7.52. The third-order valence-electron chi connectivity index (χ3n) is 1.08. The van der Waals surface area contributed by atoms with Gasteiger partial charge in [-0.25, -0.2) is 0 Å². The molecule has 0 aliphatic heterocycles. The Morgan fingerprint density at radius 1 is 1.60 bits per heavy atom. The van der Waals surface area contributed by atoms with Gasteiger partial charge in [-0.15, -0.1) is 6.58 Å². The van der Waals surface area contributed by atoms with Crippen LogP contribution in [0.2, 0.25) is 0 Å². The van der Waals surface area contributed by atoms with Gasteiger partial charge in [-0.3, -0.25) is 9.46 Å². The Balaban J connectivity index is 4.37. The maximum Gasteiger partial charge on any atom is 0.346 e. The van der Waals surface area contributed by atoms with E-state index in [1.807, 2.05) is 0 Å². The minimum absolute atomic E-state index is 0.868. The Labute approximate surface area is 60.3 Å². The summed E-state index contributed by atoms with van der Waals surface area (Å²) in [6.07, 6.45) is 1.24. The first-order chi connectivity index (χ1) is 4.39. The fourth-order valence-electron chi connectivity index (χ4n) is 0.649. The standard InChI is InChI=1S/C5H12NO3P/c1-4-5(6(2)3)10(7,8)9/h4-5H,1H2,2-3H3,(H2,7,8,9). The predicted molar refractivity (Wildman–Crippen MR) is 39.7 cm³/mol. The molecule has 0 aliphatic carbocycles. The summed E-state index contributed by atoms with van der Waals surface area (Å²) >= 11 is 0. The molecular formula is C5H12NO3P. The van der Waals surface area contributed by atoms with Crippen molar-refractivity contribution in [2.24, 2.45) is 0 Å². The fraction of sp³-hybridized carbons (Fsp3) is 0.600. The Morgan fingerprint density at radius 2 is 2.00 bits per heavy atom. The van der Waals surface area contributed by atoms with Crippen LogP contribution in [-0.2, 0) is 4.57 Å². The van der Waals surface area contributed by atoms with Gasteiger partial charge in [-0.05, 0) is 14.1 Å². The van der Waals surface area contributed by atoms with Crippen LogP contribution >= 0.6 is 7.60 Å². The summed E-state index contributed by atoms with van der Waals surface area (Å²) in [7, 11) is -0.847. The number of hydrogen-bond donors (Lipinski definition) is 2. The molecule has 10 heavy (non-hydrogen) atoms. The maximum atomic E-state index is 10.6. The van der Waals surface area contributed by atoms with Gasteiger partial charge in [0, 0.05) is 0 Å². The van der Waals surface area contributed by atoms with Crippen LogP contribution in [0.1, 0.15) is 0 Å². The lowest BCUT2D eigenvalue weighted by molar-refractivity contribution is 0.308. The molecular weight excluding hydrogens is 153 g/mol. The minimum Gasteiger partial charge on any atom is -0.323 e. The van der Waals surface area contributed by atoms with E-state index in [-0.39, 0.29) is 0 Å². The molecule has 0 rings (SSSR count). The fourth-order valence-corrected chi connectivity index (χ4v) is 1.53. The molecule has 0 spiro atoms. The average Bonchev–Trinajstić information content (AvgIpc) is 1.60. The lowest BCUT2D eigenvalue weighted by Crippen LogP contribution is -2.25. The second-order valence-electron chi connectivity index (χ2n) is 2.20. The van der Waals surface area contributed by atoms with E-state index in [2.05, 4.69) is 6.58 Å². The molecule has 0 aliphatic rings. The highest BCUT2D eigenvalue weighted by Gasteiger charge is 2.27. The van der Waals surface area contributed by atoms with Gasteiger partial charge in [0.05, 0.1) is 0 Å². The van der Waals surface area contributed by atoms with E-state index in [9.17, 15) is 4.57 Å². The number of nitrogens with zero attached hydrogens (tertiary/aromatic N) is 1. The molecule has 0 fully saturated rings. The Hall–Kier alpha value is -0.150. The van der Waals surface area contributed by atoms with Crippen molar-refractivity contribution in [3.8, 4) is 0 Å². The van der Waals surface area contributed by atoms with E-state index < -0.39 is 13.4 Å². The lowest BCUT2D eigenvalue weighted by atomic mass is 10.6. The average molecular weight is 165 g/mol. The van der Waals surface area contributed by atoms with Crippen molar-refractivity contribution in [2.45, 2.75) is 5.78 Å². The molecule has 60 valence electrons. The summed E-state index contributed by atoms with van der Waals surface area (Å²) in [6, 6.07) is 0. The largest absolute Gasteiger partial charge is 0.346 e. The second-order valence-corrected chi connectivity index (χ2v) is 3.91. The van der Waals surface area contributed by atoms with E-state index >= 15 is 0 Å². The first-order valence-electron chi connectivity index (χ1n) is 2.73. The molecule has 0 saturated carbocycles. The van der Waals surface area contributed by atoms with Crippen molar-refractivity contribution in [1.82, 2.24) is 4.90 Å². The topological polar surface area (TPSA) is 60.8 Å². The zero-order valence-corrected chi connectivity index (χ0v) is 6.95. The van der Waals surface area contributed by atoms with Gasteiger partial charge in [-0.2, -0.15) is 0 Å². The molecule has 0 bridgehead atoms. The molecule has 0 radical (unpaired) electrons. The van der Waals surface area contributed by atoms with Crippen molar-refractivity contribution >= 4 is 7.60 Å². The van der Waals surface area contributed by atoms with Crippen LogP contribution in [0.3, 0.4) is 0 Å². The summed E-state index contributed by atoms with van der Waals surface area (Å²) in [6.45, 7) is 3.31. The van der Waals surface area contributed by atoms with Gasteiger partial charge in [0.15, 0.2) is 0 Å². The van der Waals surface area contributed by atoms with Gasteiger partial charge in [0.1, 0.15) is 5.78 Å². The van der Waals surface area contributed by atoms with Crippen molar-refractivity contribution in [3.05, 3.63) is 12.7 Å². The van der Waals surface area contributed by atoms with E-state index in [0.29, 0.717) is 0 Å². The number of hydrogen-bond acceptors (Lipinski definition) is 2. The molecule has 4 nitrogen and oxygen atoms in total. The number of likely N-dealkylation sites (N-methyl/N-ethyl adjacent to an activating group) is 1. The van der Waals surface area contributed by atoms with Gasteiger partial charge >= 0.3 is 7.60 Å². The lowest BCUT2D eigenvalue weighted by Gasteiger charge is -2.20. The van der Waals surface area contributed by atoms with Crippen LogP contribution < -0.4 is 0 Å². The molecule has 1 atom stereocenters. The number of rotatable bonds is 3. The van der Waals surface area contributed by atoms with Gasteiger partial charge in [-0.1, -0.05) is 6.08 Å². The van der Waals surface area contributed by atoms with E-state index in [1.165, 1.54) is 11.0 Å². The normalized spacial score (nSPS) is 15.3. The molecule has 1 unspecified atom stereocenters. The first kappa shape index (κ1) is 9.85. The zero-order valence-electron chi connectivity index (χ0n) is 6.06. The van der Waals surface area contributed by atoms with Crippen molar-refractivity contribution < 1.29 is 14.4 Å². The quantitative estimate of drug-likeness (QED) is 0.464. The molecule has 5 heteroatoms. The molecule has 0 saturated heterocycles. The van der Waals surface area contributed by atoms with Gasteiger partial charge in [0.25, 0.3) is 0 Å². The Bertz CT molecular complexity index is 162. The summed E-state index contributed by atoms with van der Waals surface area (Å²) in [5, 5.41) is 0. The second kappa shape index (κ2) is 3.30. The van der Waals surface area contributed by atoms with Crippen molar-refractivity contribution in [3.63, 3.8) is 0 Å². The third kappa shape index (κ3) is 2.62. The summed E-state index contributed by atoms with van der Waals surface area (Å²) in [5.41, 5.74) is 0. The molecule has 0 aromatic carbocycles. The molecule has 2 N–H and O–H groups in total. The molecule has 0 aromatic heterocycles. The van der Waals surface area contributed by atoms with Crippen molar-refractivity contribution in [1.29, 1.82) is 0 Å². The van der Waals surface area contributed by atoms with Gasteiger partial charge < -0.3 is 9.79 Å². The monoisotopic (exact) mass is 165 g/mol. The van der Waals surface area contributed by atoms with E-state index in [1.54, 1.807) is 14.1 Å². The maximum absolute atomic E-state index is 10.6. The van der Waals surface area contributed by atoms with Crippen LogP contribution in [0.4, 0.5) is 0 Å².